The molecule has 2 rings (SSSR count). The number of nitrogens with one attached hydrogen (secondary N) is 1. The Bertz CT molecular complexity index is 167. The third-order valence-electron chi connectivity index (χ3n) is 3.59. The lowest BCUT2D eigenvalue weighted by atomic mass is 9.86. The minimum atomic E-state index is 0.492. The minimum Gasteiger partial charge on any atom is -0.355 e. The maximum Gasteiger partial charge on any atom is 0.207 e. The lowest BCUT2D eigenvalue weighted by molar-refractivity contribution is -0.110. The van der Waals surface area contributed by atoms with Crippen molar-refractivity contribution in [2.75, 3.05) is 0 Å². The monoisotopic (exact) mass is 153 g/mol. The van der Waals surface area contributed by atoms with E-state index in [-0.39, 0.29) is 0 Å². The van der Waals surface area contributed by atoms with Crippen molar-refractivity contribution in [1.82, 2.24) is 5.32 Å². The van der Waals surface area contributed by atoms with E-state index in [1.54, 1.807) is 0 Å². The van der Waals surface area contributed by atoms with Crippen molar-refractivity contribution in [2.45, 2.75) is 32.2 Å². The van der Waals surface area contributed by atoms with E-state index in [0.29, 0.717) is 6.04 Å². The molecule has 0 aromatic rings. The van der Waals surface area contributed by atoms with E-state index in [2.05, 4.69) is 12.2 Å². The molecular formula is C9H15NO. The SMILES string of the molecule is C[C@@H]1[C@H]2CC[C@H](C2)[C@@H]1NC=O. The van der Waals surface area contributed by atoms with E-state index in [0.717, 1.165) is 24.2 Å². The standard InChI is InChI=1S/C9H15NO/c1-6-7-2-3-8(4-7)9(6)10-5-11/h5-9H,2-4H2,1H3,(H,10,11)/t6-,7+,8-,9-/m1/s1. The highest BCUT2D eigenvalue weighted by atomic mass is 16.1. The average Bonchev–Trinajstić information content (AvgIpc) is 2.54. The summed E-state index contributed by atoms with van der Waals surface area (Å²) >= 11 is 0. The minimum absolute atomic E-state index is 0.492. The first-order chi connectivity index (χ1) is 5.33. The van der Waals surface area contributed by atoms with Crippen LogP contribution in [0.2, 0.25) is 0 Å². The Morgan fingerprint density at radius 1 is 1.36 bits per heavy atom. The third kappa shape index (κ3) is 0.959. The molecule has 2 heteroatoms. The lowest BCUT2D eigenvalue weighted by Crippen LogP contribution is -2.38. The Balaban J connectivity index is 2.05. The van der Waals surface area contributed by atoms with Gasteiger partial charge >= 0.3 is 0 Å². The van der Waals surface area contributed by atoms with Crippen LogP contribution in [0, 0.1) is 17.8 Å². The molecule has 11 heavy (non-hydrogen) atoms. The number of amides is 1. The fourth-order valence-electron chi connectivity index (χ4n) is 2.95. The van der Waals surface area contributed by atoms with Gasteiger partial charge in [0.25, 0.3) is 0 Å². The van der Waals surface area contributed by atoms with Gasteiger partial charge in [0.1, 0.15) is 0 Å². The molecule has 1 amide bonds. The van der Waals surface area contributed by atoms with Crippen LogP contribution in [0.15, 0.2) is 0 Å². The largest absolute Gasteiger partial charge is 0.355 e. The van der Waals surface area contributed by atoms with E-state index in [4.69, 9.17) is 0 Å². The fraction of sp³-hybridized carbons (Fsp3) is 0.889. The zero-order valence-corrected chi connectivity index (χ0v) is 6.92. The quantitative estimate of drug-likeness (QED) is 0.593. The molecule has 1 N–H and O–H groups in total. The van der Waals surface area contributed by atoms with E-state index in [1.165, 1.54) is 19.3 Å². The number of hydrogen-bond acceptors (Lipinski definition) is 1. The van der Waals surface area contributed by atoms with Gasteiger partial charge in [-0.1, -0.05) is 6.92 Å². The van der Waals surface area contributed by atoms with Gasteiger partial charge in [0, 0.05) is 6.04 Å². The van der Waals surface area contributed by atoms with Crippen LogP contribution in [0.3, 0.4) is 0 Å². The Hall–Kier alpha value is -0.530. The first kappa shape index (κ1) is 7.14. The van der Waals surface area contributed by atoms with Crippen LogP contribution in [0.25, 0.3) is 0 Å². The molecule has 0 saturated heterocycles. The summed E-state index contributed by atoms with van der Waals surface area (Å²) in [6, 6.07) is 0.492. The first-order valence-corrected chi connectivity index (χ1v) is 4.52. The van der Waals surface area contributed by atoms with Crippen molar-refractivity contribution < 1.29 is 4.79 Å². The molecule has 2 aliphatic carbocycles. The molecule has 2 bridgehead atoms. The van der Waals surface area contributed by atoms with Gasteiger partial charge in [-0.15, -0.1) is 0 Å². The van der Waals surface area contributed by atoms with Crippen molar-refractivity contribution in [1.29, 1.82) is 0 Å². The van der Waals surface area contributed by atoms with Crippen LogP contribution in [0.1, 0.15) is 26.2 Å². The van der Waals surface area contributed by atoms with Gasteiger partial charge in [-0.05, 0) is 37.0 Å². The number of carbonyl (C=O) groups is 1. The van der Waals surface area contributed by atoms with Gasteiger partial charge in [0.15, 0.2) is 0 Å². The summed E-state index contributed by atoms with van der Waals surface area (Å²) in [4.78, 5) is 10.3. The topological polar surface area (TPSA) is 29.1 Å². The molecule has 2 fully saturated rings. The summed E-state index contributed by atoms with van der Waals surface area (Å²) in [5.74, 6) is 2.41. The van der Waals surface area contributed by atoms with Crippen LogP contribution in [0.5, 0.6) is 0 Å². The number of fused-ring (bicyclic) bond motifs is 2. The molecule has 62 valence electrons. The van der Waals surface area contributed by atoms with E-state index in [1.807, 2.05) is 0 Å². The van der Waals surface area contributed by atoms with Crippen LogP contribution in [-0.2, 0) is 4.79 Å². The van der Waals surface area contributed by atoms with E-state index < -0.39 is 0 Å². The third-order valence-corrected chi connectivity index (χ3v) is 3.59. The Labute approximate surface area is 67.4 Å². The molecule has 0 radical (unpaired) electrons. The molecular weight excluding hydrogens is 138 g/mol. The number of carbonyl (C=O) groups excluding carboxylic acids is 1. The summed E-state index contributed by atoms with van der Waals surface area (Å²) in [7, 11) is 0. The van der Waals surface area contributed by atoms with Gasteiger partial charge in [-0.2, -0.15) is 0 Å². The predicted octanol–water partition coefficient (Wildman–Crippen LogP) is 1.17. The van der Waals surface area contributed by atoms with Crippen LogP contribution >= 0.6 is 0 Å². The molecule has 0 unspecified atom stereocenters. The molecule has 4 atom stereocenters. The van der Waals surface area contributed by atoms with E-state index >= 15 is 0 Å². The smallest absolute Gasteiger partial charge is 0.207 e. The maximum atomic E-state index is 10.3. The summed E-state index contributed by atoms with van der Waals surface area (Å²) in [5, 5.41) is 2.95. The van der Waals surface area contributed by atoms with Gasteiger partial charge in [0.05, 0.1) is 0 Å². The molecule has 0 spiro atoms. The van der Waals surface area contributed by atoms with Crippen molar-refractivity contribution in [3.63, 3.8) is 0 Å². The lowest BCUT2D eigenvalue weighted by Gasteiger charge is -2.27. The van der Waals surface area contributed by atoms with Crippen LogP contribution in [-0.4, -0.2) is 12.5 Å². The van der Waals surface area contributed by atoms with Crippen molar-refractivity contribution in [2.24, 2.45) is 17.8 Å². The van der Waals surface area contributed by atoms with Crippen molar-refractivity contribution >= 4 is 6.41 Å². The van der Waals surface area contributed by atoms with Gasteiger partial charge < -0.3 is 5.32 Å². The Morgan fingerprint density at radius 2 is 2.09 bits per heavy atom. The Morgan fingerprint density at radius 3 is 2.64 bits per heavy atom. The highest BCUT2D eigenvalue weighted by Gasteiger charge is 2.44. The summed E-state index contributed by atoms with van der Waals surface area (Å²) in [6.07, 6.45) is 4.94. The maximum absolute atomic E-state index is 10.3. The predicted molar refractivity (Wildman–Crippen MR) is 43.0 cm³/mol. The molecule has 0 aliphatic heterocycles. The molecule has 2 saturated carbocycles. The molecule has 0 aromatic carbocycles. The molecule has 2 aliphatic rings. The zero-order valence-electron chi connectivity index (χ0n) is 6.92. The highest BCUT2D eigenvalue weighted by Crippen LogP contribution is 2.47. The number of rotatable bonds is 2. The van der Waals surface area contributed by atoms with Gasteiger partial charge in [-0.25, -0.2) is 0 Å². The van der Waals surface area contributed by atoms with Gasteiger partial charge in [-0.3, -0.25) is 4.79 Å². The summed E-state index contributed by atoms with van der Waals surface area (Å²) in [6.45, 7) is 2.27. The second-order valence-electron chi connectivity index (χ2n) is 4.00. The summed E-state index contributed by atoms with van der Waals surface area (Å²) < 4.78 is 0. The zero-order chi connectivity index (χ0) is 7.84. The van der Waals surface area contributed by atoms with Crippen molar-refractivity contribution in [3.05, 3.63) is 0 Å². The van der Waals surface area contributed by atoms with E-state index in [9.17, 15) is 4.79 Å². The van der Waals surface area contributed by atoms with Crippen molar-refractivity contribution in [3.8, 4) is 0 Å². The fourth-order valence-corrected chi connectivity index (χ4v) is 2.95. The second kappa shape index (κ2) is 2.50. The van der Waals surface area contributed by atoms with Gasteiger partial charge in [0.2, 0.25) is 6.41 Å². The molecule has 0 aromatic heterocycles. The second-order valence-corrected chi connectivity index (χ2v) is 4.00. The van der Waals surface area contributed by atoms with Crippen LogP contribution < -0.4 is 5.32 Å². The average molecular weight is 153 g/mol. The Kier molecular flexibility index (Phi) is 1.63. The molecule has 2 nitrogen and oxygen atoms in total. The first-order valence-electron chi connectivity index (χ1n) is 4.52. The normalized spacial score (nSPS) is 47.7. The number of hydrogen-bond donors (Lipinski definition) is 1. The molecule has 0 heterocycles. The highest BCUT2D eigenvalue weighted by molar-refractivity contribution is 5.47. The summed E-state index contributed by atoms with van der Waals surface area (Å²) in [5.41, 5.74) is 0. The van der Waals surface area contributed by atoms with Crippen LogP contribution in [0.4, 0.5) is 0 Å².